The third-order valence-corrected chi connectivity index (χ3v) is 4.64. The third-order valence-electron chi connectivity index (χ3n) is 4.64. The fourth-order valence-electron chi connectivity index (χ4n) is 3.70. The van der Waals surface area contributed by atoms with Crippen molar-refractivity contribution in [1.82, 2.24) is 0 Å². The van der Waals surface area contributed by atoms with E-state index in [-0.39, 0.29) is 0 Å². The molecule has 3 unspecified atom stereocenters. The fraction of sp³-hybridized carbons (Fsp3) is 0.857. The summed E-state index contributed by atoms with van der Waals surface area (Å²) in [6, 6.07) is 0. The first kappa shape index (κ1) is 10.3. The number of hydrogen-bond donors (Lipinski definition) is 0. The monoisotopic (exact) mass is 192 g/mol. The number of allylic oxidation sites excluding steroid dienone is 2. The average molecular weight is 192 g/mol. The Morgan fingerprint density at radius 2 is 2.07 bits per heavy atom. The van der Waals surface area contributed by atoms with Gasteiger partial charge >= 0.3 is 0 Å². The topological polar surface area (TPSA) is 0 Å². The Morgan fingerprint density at radius 1 is 1.29 bits per heavy atom. The van der Waals surface area contributed by atoms with E-state index in [4.69, 9.17) is 0 Å². The second-order valence-corrected chi connectivity index (χ2v) is 5.87. The van der Waals surface area contributed by atoms with Crippen LogP contribution in [0.25, 0.3) is 0 Å². The first-order valence-corrected chi connectivity index (χ1v) is 6.30. The largest absolute Gasteiger partial charge is 0.0822 e. The van der Waals surface area contributed by atoms with E-state index in [9.17, 15) is 0 Å². The van der Waals surface area contributed by atoms with Crippen molar-refractivity contribution in [3.63, 3.8) is 0 Å². The van der Waals surface area contributed by atoms with Crippen LogP contribution < -0.4 is 0 Å². The van der Waals surface area contributed by atoms with Gasteiger partial charge in [-0.05, 0) is 49.9 Å². The molecular formula is C14H24. The second kappa shape index (κ2) is 3.72. The van der Waals surface area contributed by atoms with Crippen molar-refractivity contribution in [2.45, 2.75) is 59.3 Å². The molecule has 0 aromatic carbocycles. The Kier molecular flexibility index (Phi) is 2.72. The molecule has 0 N–H and O–H groups in total. The molecule has 80 valence electrons. The summed E-state index contributed by atoms with van der Waals surface area (Å²) in [5.41, 5.74) is 2.32. The highest BCUT2D eigenvalue weighted by Gasteiger charge is 2.39. The number of hydrogen-bond acceptors (Lipinski definition) is 0. The molecule has 0 heteroatoms. The Bertz CT molecular complexity index is 238. The minimum absolute atomic E-state index is 0.692. The molecule has 0 aromatic heterocycles. The smallest absolute Gasteiger partial charge is 0.0202 e. The molecule has 0 nitrogen and oxygen atoms in total. The lowest BCUT2D eigenvalue weighted by atomic mass is 9.59. The first-order valence-electron chi connectivity index (χ1n) is 6.30. The highest BCUT2D eigenvalue weighted by molar-refractivity contribution is 5.11. The summed E-state index contributed by atoms with van der Waals surface area (Å²) in [4.78, 5) is 0. The number of rotatable bonds is 0. The van der Waals surface area contributed by atoms with Gasteiger partial charge in [0.15, 0.2) is 0 Å². The van der Waals surface area contributed by atoms with Gasteiger partial charge in [-0.1, -0.05) is 38.3 Å². The van der Waals surface area contributed by atoms with Crippen LogP contribution in [0.1, 0.15) is 59.3 Å². The van der Waals surface area contributed by atoms with Crippen LogP contribution in [-0.2, 0) is 0 Å². The molecule has 14 heavy (non-hydrogen) atoms. The Labute approximate surface area is 88.8 Å². The summed E-state index contributed by atoms with van der Waals surface area (Å²) in [6.07, 6.45) is 11.3. The Hall–Kier alpha value is -0.260. The lowest BCUT2D eigenvalue weighted by molar-refractivity contribution is 0.0825. The van der Waals surface area contributed by atoms with Gasteiger partial charge in [0.1, 0.15) is 0 Å². The van der Waals surface area contributed by atoms with Gasteiger partial charge in [0, 0.05) is 0 Å². The molecular weight excluding hydrogens is 168 g/mol. The standard InChI is InChI=1S/C14H24/c1-11-6-8-14(13(3)9-11)7-4-5-12(2)10-14/h9,12-13H,4-8,10H2,1-3H3. The Balaban J connectivity index is 2.15. The van der Waals surface area contributed by atoms with Gasteiger partial charge in [-0.15, -0.1) is 0 Å². The van der Waals surface area contributed by atoms with Crippen LogP contribution in [-0.4, -0.2) is 0 Å². The van der Waals surface area contributed by atoms with Gasteiger partial charge in [-0.2, -0.15) is 0 Å². The maximum atomic E-state index is 2.54. The zero-order chi connectivity index (χ0) is 10.2. The zero-order valence-electron chi connectivity index (χ0n) is 9.97. The van der Waals surface area contributed by atoms with Crippen LogP contribution >= 0.6 is 0 Å². The molecule has 3 atom stereocenters. The van der Waals surface area contributed by atoms with E-state index in [0.717, 1.165) is 11.8 Å². The van der Waals surface area contributed by atoms with Crippen LogP contribution in [0.15, 0.2) is 11.6 Å². The fourth-order valence-corrected chi connectivity index (χ4v) is 3.70. The first-order chi connectivity index (χ1) is 6.62. The van der Waals surface area contributed by atoms with Gasteiger partial charge in [-0.25, -0.2) is 0 Å². The molecule has 2 rings (SSSR count). The average Bonchev–Trinajstić information content (AvgIpc) is 2.13. The molecule has 2 aliphatic carbocycles. The third kappa shape index (κ3) is 1.76. The zero-order valence-corrected chi connectivity index (χ0v) is 9.97. The second-order valence-electron chi connectivity index (χ2n) is 5.87. The van der Waals surface area contributed by atoms with E-state index in [0.29, 0.717) is 5.41 Å². The lowest BCUT2D eigenvalue weighted by Crippen LogP contribution is -2.35. The molecule has 1 spiro atoms. The van der Waals surface area contributed by atoms with E-state index in [1.165, 1.54) is 38.5 Å². The summed E-state index contributed by atoms with van der Waals surface area (Å²) in [5, 5.41) is 0. The molecule has 0 saturated heterocycles. The van der Waals surface area contributed by atoms with Crippen molar-refractivity contribution in [2.75, 3.05) is 0 Å². The maximum absolute atomic E-state index is 2.54. The van der Waals surface area contributed by atoms with Crippen molar-refractivity contribution in [3.05, 3.63) is 11.6 Å². The van der Waals surface area contributed by atoms with Crippen LogP contribution in [0.3, 0.4) is 0 Å². The lowest BCUT2D eigenvalue weighted by Gasteiger charge is -2.46. The molecule has 2 aliphatic rings. The van der Waals surface area contributed by atoms with Crippen LogP contribution in [0.4, 0.5) is 0 Å². The highest BCUT2D eigenvalue weighted by Crippen LogP contribution is 2.51. The van der Waals surface area contributed by atoms with E-state index < -0.39 is 0 Å². The minimum atomic E-state index is 0.692. The van der Waals surface area contributed by atoms with E-state index in [1.54, 1.807) is 5.57 Å². The molecule has 0 aromatic rings. The minimum Gasteiger partial charge on any atom is -0.0822 e. The predicted molar refractivity (Wildman–Crippen MR) is 62.2 cm³/mol. The molecule has 1 saturated carbocycles. The SMILES string of the molecule is CC1=CC(C)C2(CCCC(C)C2)CC1. The summed E-state index contributed by atoms with van der Waals surface area (Å²) in [6.45, 7) is 7.19. The van der Waals surface area contributed by atoms with Crippen molar-refractivity contribution < 1.29 is 0 Å². The normalized spacial score (nSPS) is 43.8. The van der Waals surface area contributed by atoms with Crippen molar-refractivity contribution in [1.29, 1.82) is 0 Å². The quantitative estimate of drug-likeness (QED) is 0.494. The van der Waals surface area contributed by atoms with Gasteiger partial charge in [-0.3, -0.25) is 0 Å². The van der Waals surface area contributed by atoms with E-state index in [1.807, 2.05) is 0 Å². The van der Waals surface area contributed by atoms with Crippen LogP contribution in [0, 0.1) is 17.3 Å². The Morgan fingerprint density at radius 3 is 2.71 bits per heavy atom. The molecule has 0 radical (unpaired) electrons. The van der Waals surface area contributed by atoms with Gasteiger partial charge in [0.05, 0.1) is 0 Å². The van der Waals surface area contributed by atoms with Crippen LogP contribution in [0.2, 0.25) is 0 Å². The maximum Gasteiger partial charge on any atom is -0.0202 e. The van der Waals surface area contributed by atoms with Gasteiger partial charge in [0.2, 0.25) is 0 Å². The highest BCUT2D eigenvalue weighted by atomic mass is 14.4. The van der Waals surface area contributed by atoms with Crippen molar-refractivity contribution in [3.8, 4) is 0 Å². The molecule has 0 aliphatic heterocycles. The molecule has 0 heterocycles. The van der Waals surface area contributed by atoms with Crippen molar-refractivity contribution in [2.24, 2.45) is 17.3 Å². The van der Waals surface area contributed by atoms with Gasteiger partial charge in [0.25, 0.3) is 0 Å². The summed E-state index contributed by atoms with van der Waals surface area (Å²) < 4.78 is 0. The molecule has 1 fully saturated rings. The predicted octanol–water partition coefficient (Wildman–Crippen LogP) is 4.56. The summed E-state index contributed by atoms with van der Waals surface area (Å²) in [5.74, 6) is 1.80. The van der Waals surface area contributed by atoms with E-state index in [2.05, 4.69) is 26.8 Å². The van der Waals surface area contributed by atoms with Crippen LogP contribution in [0.5, 0.6) is 0 Å². The summed E-state index contributed by atoms with van der Waals surface area (Å²) >= 11 is 0. The summed E-state index contributed by atoms with van der Waals surface area (Å²) in [7, 11) is 0. The molecule has 0 bridgehead atoms. The van der Waals surface area contributed by atoms with Crippen molar-refractivity contribution >= 4 is 0 Å². The molecule has 0 amide bonds. The van der Waals surface area contributed by atoms with Gasteiger partial charge < -0.3 is 0 Å². The van der Waals surface area contributed by atoms with E-state index >= 15 is 0 Å².